The molecule has 0 radical (unpaired) electrons. The molecule has 4 heteroatoms. The van der Waals surface area contributed by atoms with Crippen molar-refractivity contribution in [3.63, 3.8) is 0 Å². The molecule has 1 saturated heterocycles. The van der Waals surface area contributed by atoms with E-state index < -0.39 is 0 Å². The van der Waals surface area contributed by atoms with Gasteiger partial charge in [0.15, 0.2) is 0 Å². The summed E-state index contributed by atoms with van der Waals surface area (Å²) in [5, 5.41) is 10.8. The molecule has 2 rings (SSSR count). The van der Waals surface area contributed by atoms with Crippen LogP contribution >= 0.6 is 0 Å². The van der Waals surface area contributed by atoms with E-state index in [0.717, 1.165) is 37.2 Å². The summed E-state index contributed by atoms with van der Waals surface area (Å²) in [4.78, 5) is 10.5. The molecule has 0 aliphatic carbocycles. The van der Waals surface area contributed by atoms with Gasteiger partial charge in [0, 0.05) is 24.8 Å². The van der Waals surface area contributed by atoms with Crippen molar-refractivity contribution in [1.82, 2.24) is 0 Å². The minimum atomic E-state index is -0.307. The van der Waals surface area contributed by atoms with Crippen LogP contribution in [0.2, 0.25) is 0 Å². The van der Waals surface area contributed by atoms with Crippen molar-refractivity contribution in [2.75, 3.05) is 13.2 Å². The summed E-state index contributed by atoms with van der Waals surface area (Å²) in [7, 11) is 0. The second-order valence-electron chi connectivity index (χ2n) is 4.19. The number of nitrogens with zero attached hydrogens (tertiary/aromatic N) is 1. The summed E-state index contributed by atoms with van der Waals surface area (Å²) in [5.41, 5.74) is 2.02. The van der Waals surface area contributed by atoms with Gasteiger partial charge in [0.05, 0.1) is 4.92 Å². The van der Waals surface area contributed by atoms with Gasteiger partial charge in [-0.2, -0.15) is 0 Å². The molecule has 1 aliphatic rings. The third kappa shape index (κ3) is 2.22. The Morgan fingerprint density at radius 1 is 1.38 bits per heavy atom. The van der Waals surface area contributed by atoms with E-state index in [1.807, 2.05) is 12.1 Å². The van der Waals surface area contributed by atoms with Gasteiger partial charge in [-0.25, -0.2) is 0 Å². The van der Waals surface area contributed by atoms with Gasteiger partial charge in [-0.05, 0) is 31.2 Å². The lowest BCUT2D eigenvalue weighted by atomic mass is 9.91. The maximum atomic E-state index is 10.8. The molecule has 0 N–H and O–H groups in total. The van der Waals surface area contributed by atoms with E-state index in [-0.39, 0.29) is 10.6 Å². The predicted molar refractivity (Wildman–Crippen MR) is 60.6 cm³/mol. The maximum absolute atomic E-state index is 10.8. The van der Waals surface area contributed by atoms with Crippen LogP contribution in [0.25, 0.3) is 0 Å². The molecule has 1 aromatic rings. The molecular formula is C12H15NO3. The Hall–Kier alpha value is -1.42. The summed E-state index contributed by atoms with van der Waals surface area (Å²) in [6.07, 6.45) is 1.92. The Bertz CT molecular complexity index is 397. The summed E-state index contributed by atoms with van der Waals surface area (Å²) < 4.78 is 5.29. The molecule has 86 valence electrons. The molecule has 0 aromatic heterocycles. The Morgan fingerprint density at radius 3 is 2.69 bits per heavy atom. The molecular weight excluding hydrogens is 206 g/mol. The second-order valence-corrected chi connectivity index (χ2v) is 4.19. The Balaban J connectivity index is 2.27. The molecule has 1 heterocycles. The standard InChI is InChI=1S/C12H15NO3/c1-9-2-3-11(8-12(9)13(14)15)10-4-6-16-7-5-10/h2-3,8,10H,4-7H2,1H3. The van der Waals surface area contributed by atoms with Gasteiger partial charge in [0.2, 0.25) is 0 Å². The van der Waals surface area contributed by atoms with Crippen molar-refractivity contribution in [2.24, 2.45) is 0 Å². The first kappa shape index (κ1) is 11.1. The van der Waals surface area contributed by atoms with Crippen LogP contribution in [0.5, 0.6) is 0 Å². The first-order valence-corrected chi connectivity index (χ1v) is 5.51. The summed E-state index contributed by atoms with van der Waals surface area (Å²) in [6, 6.07) is 5.55. The van der Waals surface area contributed by atoms with E-state index in [2.05, 4.69) is 0 Å². The highest BCUT2D eigenvalue weighted by atomic mass is 16.6. The summed E-state index contributed by atoms with van der Waals surface area (Å²) in [6.45, 7) is 3.28. The molecule has 1 aliphatic heterocycles. The zero-order valence-corrected chi connectivity index (χ0v) is 9.31. The molecule has 0 bridgehead atoms. The van der Waals surface area contributed by atoms with Crippen molar-refractivity contribution >= 4 is 5.69 Å². The monoisotopic (exact) mass is 221 g/mol. The Kier molecular flexibility index (Phi) is 3.19. The van der Waals surface area contributed by atoms with Gasteiger partial charge in [-0.3, -0.25) is 10.1 Å². The average Bonchev–Trinajstić information content (AvgIpc) is 2.30. The quantitative estimate of drug-likeness (QED) is 0.570. The summed E-state index contributed by atoms with van der Waals surface area (Å²) in [5.74, 6) is 0.410. The molecule has 16 heavy (non-hydrogen) atoms. The maximum Gasteiger partial charge on any atom is 0.272 e. The van der Waals surface area contributed by atoms with Crippen molar-refractivity contribution in [1.29, 1.82) is 0 Å². The highest BCUT2D eigenvalue weighted by Gasteiger charge is 2.19. The first-order valence-electron chi connectivity index (χ1n) is 5.51. The summed E-state index contributed by atoms with van der Waals surface area (Å²) >= 11 is 0. The van der Waals surface area contributed by atoms with Crippen LogP contribution < -0.4 is 0 Å². The fourth-order valence-electron chi connectivity index (χ4n) is 2.11. The fourth-order valence-corrected chi connectivity index (χ4v) is 2.11. The first-order chi connectivity index (χ1) is 7.68. The van der Waals surface area contributed by atoms with E-state index in [9.17, 15) is 10.1 Å². The molecule has 0 atom stereocenters. The Labute approximate surface area is 94.4 Å². The van der Waals surface area contributed by atoms with Crippen LogP contribution in [0.3, 0.4) is 0 Å². The fraction of sp³-hybridized carbons (Fsp3) is 0.500. The third-order valence-electron chi connectivity index (χ3n) is 3.12. The molecule has 0 unspecified atom stereocenters. The van der Waals surface area contributed by atoms with Gasteiger partial charge in [0.25, 0.3) is 5.69 Å². The number of benzene rings is 1. The van der Waals surface area contributed by atoms with Gasteiger partial charge in [-0.1, -0.05) is 12.1 Å². The van der Waals surface area contributed by atoms with Crippen LogP contribution in [0.1, 0.15) is 29.9 Å². The predicted octanol–water partition coefficient (Wildman–Crippen LogP) is 2.80. The van der Waals surface area contributed by atoms with E-state index in [1.165, 1.54) is 0 Å². The number of rotatable bonds is 2. The van der Waals surface area contributed by atoms with Gasteiger partial charge >= 0.3 is 0 Å². The number of nitro groups is 1. The average molecular weight is 221 g/mol. The van der Waals surface area contributed by atoms with Gasteiger partial charge in [-0.15, -0.1) is 0 Å². The van der Waals surface area contributed by atoms with Crippen molar-refractivity contribution in [3.8, 4) is 0 Å². The second kappa shape index (κ2) is 4.61. The number of nitro benzene ring substituents is 1. The number of hydrogen-bond donors (Lipinski definition) is 0. The van der Waals surface area contributed by atoms with Crippen LogP contribution in [0.15, 0.2) is 18.2 Å². The largest absolute Gasteiger partial charge is 0.381 e. The zero-order chi connectivity index (χ0) is 11.5. The number of hydrogen-bond acceptors (Lipinski definition) is 3. The lowest BCUT2D eigenvalue weighted by Gasteiger charge is -2.22. The lowest BCUT2D eigenvalue weighted by molar-refractivity contribution is -0.385. The zero-order valence-electron chi connectivity index (χ0n) is 9.31. The van der Waals surface area contributed by atoms with Crippen molar-refractivity contribution in [3.05, 3.63) is 39.4 Å². The smallest absolute Gasteiger partial charge is 0.272 e. The molecule has 1 aromatic carbocycles. The Morgan fingerprint density at radius 2 is 2.06 bits per heavy atom. The lowest BCUT2D eigenvalue weighted by Crippen LogP contribution is -2.14. The molecule has 0 saturated carbocycles. The molecule has 4 nitrogen and oxygen atoms in total. The van der Waals surface area contributed by atoms with E-state index >= 15 is 0 Å². The minimum Gasteiger partial charge on any atom is -0.381 e. The van der Waals surface area contributed by atoms with Gasteiger partial charge in [0.1, 0.15) is 0 Å². The van der Waals surface area contributed by atoms with E-state index in [4.69, 9.17) is 4.74 Å². The molecule has 1 fully saturated rings. The van der Waals surface area contributed by atoms with Crippen LogP contribution in [0, 0.1) is 17.0 Å². The van der Waals surface area contributed by atoms with Crippen LogP contribution in [-0.2, 0) is 4.74 Å². The van der Waals surface area contributed by atoms with Crippen molar-refractivity contribution in [2.45, 2.75) is 25.7 Å². The minimum absolute atomic E-state index is 0.226. The highest BCUT2D eigenvalue weighted by Crippen LogP contribution is 2.30. The van der Waals surface area contributed by atoms with Crippen LogP contribution in [0.4, 0.5) is 5.69 Å². The normalized spacial score (nSPS) is 17.3. The molecule has 0 amide bonds. The third-order valence-corrected chi connectivity index (χ3v) is 3.12. The van der Waals surface area contributed by atoms with E-state index in [0.29, 0.717) is 5.92 Å². The number of aryl methyl sites for hydroxylation is 1. The van der Waals surface area contributed by atoms with E-state index in [1.54, 1.807) is 13.0 Å². The van der Waals surface area contributed by atoms with Crippen molar-refractivity contribution < 1.29 is 9.66 Å². The number of ether oxygens (including phenoxy) is 1. The van der Waals surface area contributed by atoms with Crippen LogP contribution in [-0.4, -0.2) is 18.1 Å². The molecule has 0 spiro atoms. The topological polar surface area (TPSA) is 52.4 Å². The highest BCUT2D eigenvalue weighted by molar-refractivity contribution is 5.43. The van der Waals surface area contributed by atoms with Gasteiger partial charge < -0.3 is 4.74 Å². The SMILES string of the molecule is Cc1ccc(C2CCOCC2)cc1[N+](=O)[O-].